The van der Waals surface area contributed by atoms with Gasteiger partial charge in [-0.05, 0) is 25.5 Å². The third-order valence-electron chi connectivity index (χ3n) is 3.12. The summed E-state index contributed by atoms with van der Waals surface area (Å²) in [6.45, 7) is 5.78. The molecule has 0 radical (unpaired) electrons. The first kappa shape index (κ1) is 15.2. The van der Waals surface area contributed by atoms with Crippen molar-refractivity contribution in [2.75, 3.05) is 31.6 Å². The minimum atomic E-state index is -3.58. The van der Waals surface area contributed by atoms with Gasteiger partial charge in [-0.25, -0.2) is 13.4 Å². The van der Waals surface area contributed by atoms with Gasteiger partial charge in [0.2, 0.25) is 0 Å². The maximum atomic E-state index is 12.7. The zero-order valence-electron chi connectivity index (χ0n) is 11.9. The molecule has 6 nitrogen and oxygen atoms in total. The second-order valence-electron chi connectivity index (χ2n) is 4.83. The van der Waals surface area contributed by atoms with Gasteiger partial charge >= 0.3 is 0 Å². The maximum Gasteiger partial charge on any atom is 0.262 e. The first-order valence-electron chi connectivity index (χ1n) is 6.86. The van der Waals surface area contributed by atoms with Crippen LogP contribution in [0.4, 0.5) is 5.69 Å². The molecule has 1 atom stereocenters. The van der Waals surface area contributed by atoms with E-state index in [9.17, 15) is 8.42 Å². The van der Waals surface area contributed by atoms with E-state index in [2.05, 4.69) is 10.3 Å². The van der Waals surface area contributed by atoms with E-state index in [1.807, 2.05) is 13.8 Å². The molecule has 0 aliphatic carbocycles. The van der Waals surface area contributed by atoms with E-state index in [4.69, 9.17) is 4.74 Å². The third kappa shape index (κ3) is 3.28. The van der Waals surface area contributed by atoms with Crippen molar-refractivity contribution in [3.05, 3.63) is 18.3 Å². The van der Waals surface area contributed by atoms with E-state index in [1.165, 1.54) is 10.5 Å². The number of sulfonamides is 1. The van der Waals surface area contributed by atoms with Gasteiger partial charge in [-0.2, -0.15) is 4.31 Å². The van der Waals surface area contributed by atoms with Crippen LogP contribution >= 0.6 is 0 Å². The molecule has 0 bridgehead atoms. The number of anilines is 1. The summed E-state index contributed by atoms with van der Waals surface area (Å²) < 4.78 is 32.2. The van der Waals surface area contributed by atoms with Crippen molar-refractivity contribution in [3.63, 3.8) is 0 Å². The lowest BCUT2D eigenvalue weighted by Gasteiger charge is -2.30. The van der Waals surface area contributed by atoms with Crippen molar-refractivity contribution in [3.8, 4) is 0 Å². The van der Waals surface area contributed by atoms with Gasteiger partial charge in [0.1, 0.15) is 0 Å². The molecule has 1 aromatic rings. The molecule has 1 aliphatic rings. The summed E-state index contributed by atoms with van der Waals surface area (Å²) in [6, 6.07) is 3.48. The van der Waals surface area contributed by atoms with Crippen LogP contribution in [0.1, 0.15) is 20.3 Å². The second-order valence-corrected chi connectivity index (χ2v) is 6.68. The van der Waals surface area contributed by atoms with Crippen LogP contribution in [0.2, 0.25) is 0 Å². The molecule has 1 fully saturated rings. The van der Waals surface area contributed by atoms with Crippen molar-refractivity contribution < 1.29 is 13.2 Å². The number of nitrogens with one attached hydrogen (secondary N) is 1. The molecule has 1 aliphatic heterocycles. The Morgan fingerprint density at radius 1 is 1.55 bits per heavy atom. The first-order valence-corrected chi connectivity index (χ1v) is 8.30. The summed E-state index contributed by atoms with van der Waals surface area (Å²) in [7, 11) is -3.58. The fourth-order valence-corrected chi connectivity index (χ4v) is 3.70. The van der Waals surface area contributed by atoms with Gasteiger partial charge in [0, 0.05) is 25.8 Å². The lowest BCUT2D eigenvalue weighted by Crippen LogP contribution is -2.44. The topological polar surface area (TPSA) is 71.5 Å². The molecule has 0 aromatic carbocycles. The van der Waals surface area contributed by atoms with Crippen molar-refractivity contribution >= 4 is 15.7 Å². The van der Waals surface area contributed by atoms with E-state index >= 15 is 0 Å². The van der Waals surface area contributed by atoms with Crippen LogP contribution < -0.4 is 5.32 Å². The van der Waals surface area contributed by atoms with Crippen molar-refractivity contribution in [1.82, 2.24) is 9.29 Å². The molecule has 0 amide bonds. The fourth-order valence-electron chi connectivity index (χ4n) is 2.12. The summed E-state index contributed by atoms with van der Waals surface area (Å²) in [5, 5.41) is 3.22. The molecule has 0 saturated carbocycles. The molecule has 2 rings (SSSR count). The van der Waals surface area contributed by atoms with E-state index in [1.54, 1.807) is 12.1 Å². The minimum absolute atomic E-state index is 0.0886. The van der Waals surface area contributed by atoms with Gasteiger partial charge in [-0.15, -0.1) is 0 Å². The molecule has 1 saturated heterocycles. The molecular weight excluding hydrogens is 278 g/mol. The van der Waals surface area contributed by atoms with Gasteiger partial charge < -0.3 is 10.1 Å². The van der Waals surface area contributed by atoms with Crippen LogP contribution in [0, 0.1) is 0 Å². The normalized spacial score (nSPS) is 20.8. The Hall–Kier alpha value is -1.18. The van der Waals surface area contributed by atoms with Crippen molar-refractivity contribution in [1.29, 1.82) is 0 Å². The molecule has 0 spiro atoms. The highest BCUT2D eigenvalue weighted by Crippen LogP contribution is 2.23. The first-order chi connectivity index (χ1) is 9.55. The predicted molar refractivity (Wildman–Crippen MR) is 77.2 cm³/mol. The summed E-state index contributed by atoms with van der Waals surface area (Å²) in [4.78, 5) is 4.07. The monoisotopic (exact) mass is 299 g/mol. The molecular formula is C13H21N3O3S. The van der Waals surface area contributed by atoms with E-state index in [-0.39, 0.29) is 11.1 Å². The van der Waals surface area contributed by atoms with Crippen LogP contribution in [-0.2, 0) is 14.8 Å². The lowest BCUT2D eigenvalue weighted by molar-refractivity contribution is 0.0101. The number of hydrogen-bond acceptors (Lipinski definition) is 5. The van der Waals surface area contributed by atoms with Gasteiger partial charge in [0.25, 0.3) is 10.0 Å². The quantitative estimate of drug-likeness (QED) is 0.887. The Kier molecular flexibility index (Phi) is 4.95. The van der Waals surface area contributed by atoms with Crippen LogP contribution in [0.15, 0.2) is 23.4 Å². The van der Waals surface area contributed by atoms with E-state index in [0.29, 0.717) is 31.9 Å². The number of morpholine rings is 1. The van der Waals surface area contributed by atoms with Crippen LogP contribution in [-0.4, -0.2) is 50.1 Å². The number of pyridine rings is 1. The summed E-state index contributed by atoms with van der Waals surface area (Å²) in [5.74, 6) is 0. The molecule has 7 heteroatoms. The van der Waals surface area contributed by atoms with Crippen molar-refractivity contribution in [2.45, 2.75) is 31.4 Å². The smallest absolute Gasteiger partial charge is 0.262 e. The minimum Gasteiger partial charge on any atom is -0.383 e. The van der Waals surface area contributed by atoms with Crippen molar-refractivity contribution in [2.24, 2.45) is 0 Å². The Bertz CT molecular complexity index is 548. The summed E-state index contributed by atoms with van der Waals surface area (Å²) in [6.07, 6.45) is 2.34. The zero-order chi connectivity index (χ0) is 14.6. The second kappa shape index (κ2) is 6.51. The fraction of sp³-hybridized carbons (Fsp3) is 0.615. The predicted octanol–water partition coefficient (Wildman–Crippen LogP) is 1.31. The number of ether oxygens (including phenoxy) is 1. The van der Waals surface area contributed by atoms with Gasteiger partial charge in [0.05, 0.1) is 18.4 Å². The number of rotatable bonds is 5. The zero-order valence-corrected chi connectivity index (χ0v) is 12.7. The summed E-state index contributed by atoms with van der Waals surface area (Å²) in [5.41, 5.74) is 0.563. The van der Waals surface area contributed by atoms with Gasteiger partial charge in [0.15, 0.2) is 5.03 Å². The van der Waals surface area contributed by atoms with Gasteiger partial charge in [-0.3, -0.25) is 0 Å². The number of hydrogen-bond donors (Lipinski definition) is 1. The molecule has 1 aromatic heterocycles. The Morgan fingerprint density at radius 2 is 2.35 bits per heavy atom. The maximum absolute atomic E-state index is 12.7. The standard InChI is InChI=1S/C13H21N3O3S/c1-3-6-14-12-5-4-7-15-13(12)20(17,18)16-8-9-19-11(2)10-16/h4-5,7,11,14H,3,6,8-10H2,1-2H3. The SMILES string of the molecule is CCCNc1cccnc1S(=O)(=O)N1CCOC(C)C1. The average molecular weight is 299 g/mol. The van der Waals surface area contributed by atoms with E-state index < -0.39 is 10.0 Å². The number of aromatic nitrogens is 1. The van der Waals surface area contributed by atoms with E-state index in [0.717, 1.165) is 6.42 Å². The molecule has 1 N–H and O–H groups in total. The lowest BCUT2D eigenvalue weighted by atomic mass is 10.3. The summed E-state index contributed by atoms with van der Waals surface area (Å²) >= 11 is 0. The van der Waals surface area contributed by atoms with Crippen LogP contribution in [0.5, 0.6) is 0 Å². The average Bonchev–Trinajstić information content (AvgIpc) is 2.45. The Balaban J connectivity index is 2.29. The molecule has 2 heterocycles. The highest BCUT2D eigenvalue weighted by Gasteiger charge is 2.31. The highest BCUT2D eigenvalue weighted by molar-refractivity contribution is 7.89. The van der Waals surface area contributed by atoms with Gasteiger partial charge in [-0.1, -0.05) is 6.92 Å². The largest absolute Gasteiger partial charge is 0.383 e. The van der Waals surface area contributed by atoms with Crippen LogP contribution in [0.3, 0.4) is 0 Å². The third-order valence-corrected chi connectivity index (χ3v) is 4.95. The Morgan fingerprint density at radius 3 is 3.05 bits per heavy atom. The van der Waals surface area contributed by atoms with Crippen LogP contribution in [0.25, 0.3) is 0 Å². The number of nitrogens with zero attached hydrogens (tertiary/aromatic N) is 2. The molecule has 1 unspecified atom stereocenters. The molecule has 20 heavy (non-hydrogen) atoms. The molecule has 112 valence electrons. The Labute approximate surface area is 120 Å². The highest BCUT2D eigenvalue weighted by atomic mass is 32.2.